The number of hydrogen-bond donors (Lipinski definition) is 2. The van der Waals surface area contributed by atoms with Gasteiger partial charge in [0.2, 0.25) is 5.95 Å². The summed E-state index contributed by atoms with van der Waals surface area (Å²) in [5.74, 6) is 0.431. The molecule has 6 nitrogen and oxygen atoms in total. The van der Waals surface area contributed by atoms with E-state index < -0.39 is 0 Å². The summed E-state index contributed by atoms with van der Waals surface area (Å²) >= 11 is 0. The highest BCUT2D eigenvalue weighted by Gasteiger charge is 2.08. The first-order chi connectivity index (χ1) is 12.8. The van der Waals surface area contributed by atoms with Crippen molar-refractivity contribution in [1.29, 1.82) is 5.26 Å². The molecule has 26 heavy (non-hydrogen) atoms. The predicted octanol–water partition coefficient (Wildman–Crippen LogP) is 3.50. The van der Waals surface area contributed by atoms with Crippen LogP contribution in [0.1, 0.15) is 11.1 Å². The SMILES string of the molecule is N#Cc1ccccc1Nc1nc2ccc(-c3ccc(CO)cc3)cn2n1. The lowest BCUT2D eigenvalue weighted by atomic mass is 10.1. The number of nitriles is 1. The van der Waals surface area contributed by atoms with Crippen LogP contribution in [0.2, 0.25) is 0 Å². The van der Waals surface area contributed by atoms with Gasteiger partial charge in [0.05, 0.1) is 17.9 Å². The zero-order chi connectivity index (χ0) is 17.9. The second-order valence-corrected chi connectivity index (χ2v) is 5.79. The number of aliphatic hydroxyl groups is 1. The zero-order valence-corrected chi connectivity index (χ0v) is 13.8. The van der Waals surface area contributed by atoms with Gasteiger partial charge in [-0.05, 0) is 35.4 Å². The van der Waals surface area contributed by atoms with Crippen molar-refractivity contribution in [3.8, 4) is 17.2 Å². The fraction of sp³-hybridized carbons (Fsp3) is 0.0500. The molecular formula is C20H15N5O. The van der Waals surface area contributed by atoms with Crippen LogP contribution in [-0.4, -0.2) is 19.7 Å². The standard InChI is InChI=1S/C20H15N5O/c21-11-16-3-1-2-4-18(16)22-20-23-19-10-9-17(12-25(19)24-20)15-7-5-14(13-26)6-8-15/h1-10,12,26H,13H2,(H,22,24). The number of pyridine rings is 1. The summed E-state index contributed by atoms with van der Waals surface area (Å²) in [6.07, 6.45) is 1.90. The molecule has 2 N–H and O–H groups in total. The number of para-hydroxylation sites is 1. The van der Waals surface area contributed by atoms with Crippen molar-refractivity contribution in [3.05, 3.63) is 78.0 Å². The molecule has 2 aromatic heterocycles. The molecule has 126 valence electrons. The predicted molar refractivity (Wildman–Crippen MR) is 98.8 cm³/mol. The van der Waals surface area contributed by atoms with E-state index >= 15 is 0 Å². The van der Waals surface area contributed by atoms with Crippen LogP contribution in [0.5, 0.6) is 0 Å². The number of hydrogen-bond acceptors (Lipinski definition) is 5. The van der Waals surface area contributed by atoms with E-state index in [4.69, 9.17) is 5.11 Å². The molecule has 0 spiro atoms. The van der Waals surface area contributed by atoms with Gasteiger partial charge in [-0.3, -0.25) is 0 Å². The second kappa shape index (κ2) is 6.67. The van der Waals surface area contributed by atoms with Gasteiger partial charge in [-0.2, -0.15) is 10.2 Å². The van der Waals surface area contributed by atoms with Crippen molar-refractivity contribution in [1.82, 2.24) is 14.6 Å². The minimum atomic E-state index is 0.0294. The highest BCUT2D eigenvalue weighted by Crippen LogP contribution is 2.22. The fourth-order valence-electron chi connectivity index (χ4n) is 2.72. The lowest BCUT2D eigenvalue weighted by Gasteiger charge is -2.03. The average molecular weight is 341 g/mol. The molecule has 0 bridgehead atoms. The maximum Gasteiger partial charge on any atom is 0.247 e. The number of aliphatic hydroxyl groups excluding tert-OH is 1. The van der Waals surface area contributed by atoms with Crippen LogP contribution in [0.25, 0.3) is 16.8 Å². The molecule has 0 aliphatic carbocycles. The van der Waals surface area contributed by atoms with Gasteiger partial charge in [-0.25, -0.2) is 4.52 Å². The monoisotopic (exact) mass is 341 g/mol. The van der Waals surface area contributed by atoms with Crippen LogP contribution < -0.4 is 5.32 Å². The van der Waals surface area contributed by atoms with Gasteiger partial charge in [-0.1, -0.05) is 36.4 Å². The Hall–Kier alpha value is -3.69. The minimum absolute atomic E-state index is 0.0294. The molecular weight excluding hydrogens is 326 g/mol. The molecule has 2 heterocycles. The van der Waals surface area contributed by atoms with Crippen LogP contribution in [0, 0.1) is 11.3 Å². The highest BCUT2D eigenvalue weighted by molar-refractivity contribution is 5.66. The Balaban J connectivity index is 1.66. The molecule has 6 heteroatoms. The first-order valence-electron chi connectivity index (χ1n) is 8.09. The van der Waals surface area contributed by atoms with Crippen LogP contribution in [0.3, 0.4) is 0 Å². The zero-order valence-electron chi connectivity index (χ0n) is 13.8. The van der Waals surface area contributed by atoms with E-state index in [0.29, 0.717) is 22.8 Å². The van der Waals surface area contributed by atoms with Crippen LogP contribution in [0.4, 0.5) is 11.6 Å². The maximum atomic E-state index is 9.18. The molecule has 0 aliphatic heterocycles. The molecule has 0 atom stereocenters. The Labute approximate surface area is 150 Å². The van der Waals surface area contributed by atoms with E-state index in [9.17, 15) is 5.26 Å². The normalized spacial score (nSPS) is 10.6. The number of nitrogens with one attached hydrogen (secondary N) is 1. The number of anilines is 2. The maximum absolute atomic E-state index is 9.18. The third kappa shape index (κ3) is 2.99. The van der Waals surface area contributed by atoms with Crippen molar-refractivity contribution in [2.45, 2.75) is 6.61 Å². The van der Waals surface area contributed by atoms with Crippen LogP contribution in [0.15, 0.2) is 66.9 Å². The molecule has 4 rings (SSSR count). The van der Waals surface area contributed by atoms with E-state index in [1.807, 2.05) is 60.8 Å². The number of fused-ring (bicyclic) bond motifs is 1. The van der Waals surface area contributed by atoms with Gasteiger partial charge < -0.3 is 10.4 Å². The molecule has 0 fully saturated rings. The summed E-state index contributed by atoms with van der Waals surface area (Å²) in [6.45, 7) is 0.0294. The quantitative estimate of drug-likeness (QED) is 0.593. The van der Waals surface area contributed by atoms with Gasteiger partial charge in [0.1, 0.15) is 6.07 Å². The second-order valence-electron chi connectivity index (χ2n) is 5.79. The van der Waals surface area contributed by atoms with Crippen molar-refractivity contribution in [2.24, 2.45) is 0 Å². The summed E-state index contributed by atoms with van der Waals surface area (Å²) in [7, 11) is 0. The summed E-state index contributed by atoms with van der Waals surface area (Å²) in [4.78, 5) is 4.44. The topological polar surface area (TPSA) is 86.2 Å². The average Bonchev–Trinajstić information content (AvgIpc) is 3.10. The first-order valence-corrected chi connectivity index (χ1v) is 8.09. The fourth-order valence-corrected chi connectivity index (χ4v) is 2.72. The Kier molecular flexibility index (Phi) is 4.06. The van der Waals surface area contributed by atoms with Gasteiger partial charge in [-0.15, -0.1) is 5.10 Å². The molecule has 0 saturated heterocycles. The largest absolute Gasteiger partial charge is 0.392 e. The van der Waals surface area contributed by atoms with Gasteiger partial charge in [0.25, 0.3) is 0 Å². The van der Waals surface area contributed by atoms with Gasteiger partial charge >= 0.3 is 0 Å². The van der Waals surface area contributed by atoms with Crippen LogP contribution in [-0.2, 0) is 6.61 Å². The molecule has 0 unspecified atom stereocenters. The molecule has 2 aromatic carbocycles. The van der Waals surface area contributed by atoms with Crippen LogP contribution >= 0.6 is 0 Å². The van der Waals surface area contributed by atoms with E-state index in [0.717, 1.165) is 16.7 Å². The van der Waals surface area contributed by atoms with Crippen molar-refractivity contribution in [3.63, 3.8) is 0 Å². The minimum Gasteiger partial charge on any atom is -0.392 e. The van der Waals surface area contributed by atoms with Crippen molar-refractivity contribution in [2.75, 3.05) is 5.32 Å². The lowest BCUT2D eigenvalue weighted by molar-refractivity contribution is 0.282. The van der Waals surface area contributed by atoms with Crippen molar-refractivity contribution < 1.29 is 5.11 Å². The summed E-state index contributed by atoms with van der Waals surface area (Å²) in [5, 5.41) is 25.9. The molecule has 0 amide bonds. The number of rotatable bonds is 4. The van der Waals surface area contributed by atoms with E-state index in [2.05, 4.69) is 21.5 Å². The van der Waals surface area contributed by atoms with Gasteiger partial charge in [0, 0.05) is 11.8 Å². The summed E-state index contributed by atoms with van der Waals surface area (Å²) < 4.78 is 1.70. The Morgan fingerprint density at radius 2 is 1.77 bits per heavy atom. The van der Waals surface area contributed by atoms with E-state index in [1.54, 1.807) is 10.6 Å². The third-order valence-corrected chi connectivity index (χ3v) is 4.09. The number of nitrogens with zero attached hydrogens (tertiary/aromatic N) is 4. The molecule has 0 aliphatic rings. The molecule has 4 aromatic rings. The van der Waals surface area contributed by atoms with Gasteiger partial charge in [0.15, 0.2) is 5.65 Å². The molecule has 0 saturated carbocycles. The third-order valence-electron chi connectivity index (χ3n) is 4.09. The Bertz CT molecular complexity index is 1110. The number of aromatic nitrogens is 3. The number of benzene rings is 2. The van der Waals surface area contributed by atoms with E-state index in [-0.39, 0.29) is 6.61 Å². The lowest BCUT2D eigenvalue weighted by Crippen LogP contribution is -1.95. The summed E-state index contributed by atoms with van der Waals surface area (Å²) in [5.41, 5.74) is 4.82. The summed E-state index contributed by atoms with van der Waals surface area (Å²) in [6, 6.07) is 21.0. The van der Waals surface area contributed by atoms with Crippen molar-refractivity contribution >= 4 is 17.3 Å². The smallest absolute Gasteiger partial charge is 0.247 e. The first kappa shape index (κ1) is 15.8. The highest BCUT2D eigenvalue weighted by atomic mass is 16.3. The van der Waals surface area contributed by atoms with E-state index in [1.165, 1.54) is 0 Å². The Morgan fingerprint density at radius 3 is 2.54 bits per heavy atom. The molecule has 0 radical (unpaired) electrons. The Morgan fingerprint density at radius 1 is 1.00 bits per heavy atom.